The number of imidazole rings is 2. The molecular weight excluding hydrogens is 808 g/mol. The number of phosphoric ester groups is 2. The average Bonchev–Trinajstić information content (AvgIpc) is 3.80. The number of nitrogen functional groups attached to an aromatic ring is 2. The number of nitrogens with two attached hydrogens (primary N) is 2. The van der Waals surface area contributed by atoms with Gasteiger partial charge in [0, 0.05) is 0 Å². The molecule has 8 unspecified atom stereocenters. The number of aliphatic hydroxyl groups is 4. The summed E-state index contributed by atoms with van der Waals surface area (Å²) in [7, 11) is -23.9. The van der Waals surface area contributed by atoms with Crippen molar-refractivity contribution < 1.29 is 89.7 Å². The van der Waals surface area contributed by atoms with Crippen molar-refractivity contribution in [3.63, 3.8) is 0 Å². The monoisotopic (exact) mass is 836 g/mol. The Labute approximate surface area is 293 Å². The summed E-state index contributed by atoms with van der Waals surface area (Å²) in [4.78, 5) is 63.0. The van der Waals surface area contributed by atoms with Gasteiger partial charge in [-0.25, -0.2) is 48.2 Å². The van der Waals surface area contributed by atoms with E-state index in [1.165, 1.54) is 0 Å². The molecule has 292 valence electrons. The lowest BCUT2D eigenvalue weighted by Gasteiger charge is -2.21. The minimum absolute atomic E-state index is 0.0142. The van der Waals surface area contributed by atoms with E-state index in [-0.39, 0.29) is 34.0 Å². The second-order valence-corrected chi connectivity index (χ2v) is 17.2. The molecule has 33 heteroatoms. The van der Waals surface area contributed by atoms with Gasteiger partial charge >= 0.3 is 31.3 Å². The number of phosphoric acid groups is 4. The molecule has 0 spiro atoms. The highest BCUT2D eigenvalue weighted by molar-refractivity contribution is 7.69. The maximum Gasteiger partial charge on any atom is 0.490 e. The number of aliphatic hydroxyl groups excluding tert-OH is 4. The van der Waals surface area contributed by atoms with Crippen molar-refractivity contribution in [2.24, 2.45) is 0 Å². The second kappa shape index (κ2) is 14.6. The summed E-state index contributed by atoms with van der Waals surface area (Å²) in [6.45, 7) is -2.22. The Morgan fingerprint density at radius 2 is 0.943 bits per heavy atom. The molecule has 53 heavy (non-hydrogen) atoms. The maximum absolute atomic E-state index is 12.4. The van der Waals surface area contributed by atoms with Gasteiger partial charge in [-0.3, -0.25) is 18.2 Å². The first-order valence-electron chi connectivity index (χ1n) is 14.3. The predicted molar refractivity (Wildman–Crippen MR) is 166 cm³/mol. The Kier molecular flexibility index (Phi) is 10.9. The van der Waals surface area contributed by atoms with Crippen molar-refractivity contribution in [1.29, 1.82) is 0 Å². The van der Waals surface area contributed by atoms with Crippen LogP contribution in [0.25, 0.3) is 22.3 Å². The molecule has 0 radical (unpaired) electrons. The topological polar surface area (TPSA) is 434 Å². The average molecular weight is 836 g/mol. The number of aromatic nitrogens is 8. The van der Waals surface area contributed by atoms with Crippen molar-refractivity contribution in [1.82, 2.24) is 39.0 Å². The summed E-state index contributed by atoms with van der Waals surface area (Å²) < 4.78 is 83.4. The first-order valence-corrected chi connectivity index (χ1v) is 20.3. The van der Waals surface area contributed by atoms with Gasteiger partial charge in [-0.2, -0.15) is 12.9 Å². The van der Waals surface area contributed by atoms with Gasteiger partial charge in [0.1, 0.15) is 60.3 Å². The summed E-state index contributed by atoms with van der Waals surface area (Å²) in [5.41, 5.74) is 11.9. The summed E-state index contributed by atoms with van der Waals surface area (Å²) in [5.74, 6) is -0.0284. The van der Waals surface area contributed by atoms with E-state index < -0.39 is 93.6 Å². The summed E-state index contributed by atoms with van der Waals surface area (Å²) in [6.07, 6.45) is -8.58. The van der Waals surface area contributed by atoms with E-state index in [9.17, 15) is 58.3 Å². The highest BCUT2D eigenvalue weighted by Gasteiger charge is 2.50. The number of hydrogen-bond donors (Lipinski definition) is 10. The Morgan fingerprint density at radius 1 is 0.585 bits per heavy atom. The van der Waals surface area contributed by atoms with E-state index in [2.05, 4.69) is 51.9 Å². The van der Waals surface area contributed by atoms with Crippen molar-refractivity contribution >= 4 is 65.3 Å². The largest absolute Gasteiger partial charge is 0.490 e. The minimum Gasteiger partial charge on any atom is -0.387 e. The first kappa shape index (κ1) is 39.7. The third-order valence-corrected chi connectivity index (χ3v) is 13.3. The van der Waals surface area contributed by atoms with E-state index in [1.807, 2.05) is 0 Å². The predicted octanol–water partition coefficient (Wildman–Crippen LogP) is -2.45. The van der Waals surface area contributed by atoms with Crippen LogP contribution in [0.4, 0.5) is 11.6 Å². The molecule has 4 aromatic rings. The third kappa shape index (κ3) is 8.48. The standard InChI is InChI=1S/C20H28N10O19P4/c21-15-9-17(25-3-23-15)29(5-27-9)19-13(33)11(31)7(45-19)1-43-50(35,36)47-52(39,40)49-53(41,42)48-51(37,38)44-2-8-12(32)14(34)20(46-8)30-6-28-10-16(22)24-4-26-18(10)30/h3-8,11-14,19-20,31-34H,1-2H2,(H,35,36)(H,37,38)(H,39,40)(H,41,42)(H2,21,23,25)(H2,22,24,26)/t7?,8?,11-,12-,13-,14-,19?,20?/m1/s1. The van der Waals surface area contributed by atoms with Crippen LogP contribution in [0.1, 0.15) is 12.5 Å². The fourth-order valence-electron chi connectivity index (χ4n) is 5.11. The number of nitrogens with zero attached hydrogens (tertiary/aromatic N) is 8. The van der Waals surface area contributed by atoms with Crippen LogP contribution in [0.5, 0.6) is 0 Å². The quantitative estimate of drug-likeness (QED) is 0.0589. The zero-order valence-corrected chi connectivity index (χ0v) is 29.5. The number of rotatable bonds is 14. The van der Waals surface area contributed by atoms with E-state index in [4.69, 9.17) is 20.9 Å². The Morgan fingerprint density at radius 3 is 1.32 bits per heavy atom. The molecule has 0 aromatic carbocycles. The van der Waals surface area contributed by atoms with Crippen molar-refractivity contribution in [2.45, 2.75) is 49.1 Å². The highest BCUT2D eigenvalue weighted by atomic mass is 31.3. The Bertz CT molecular complexity index is 2040. The smallest absolute Gasteiger partial charge is 0.387 e. The lowest BCUT2D eigenvalue weighted by molar-refractivity contribution is -0.0505. The lowest BCUT2D eigenvalue weighted by atomic mass is 10.1. The summed E-state index contributed by atoms with van der Waals surface area (Å²) in [5, 5.41) is 41.8. The molecule has 2 aliphatic heterocycles. The van der Waals surface area contributed by atoms with Gasteiger partial charge < -0.3 is 60.9 Å². The van der Waals surface area contributed by atoms with E-state index in [1.54, 1.807) is 0 Å². The number of fused-ring (bicyclic) bond motifs is 2. The SMILES string of the molecule is Nc1ncnc2c1ncn2C1OC(COP(=O)(O)OP(=O)(O)OP(=O)(O)OP(=O)(O)OCC2OC(n3cnc4c(N)ncnc43)[C@H](O)[C@@H]2O)[C@@H](O)[C@H]1O. The first-order chi connectivity index (χ1) is 24.7. The highest BCUT2D eigenvalue weighted by Crippen LogP contribution is 2.71. The van der Waals surface area contributed by atoms with Crippen LogP contribution in [0.3, 0.4) is 0 Å². The van der Waals surface area contributed by atoms with Crippen LogP contribution in [0.15, 0.2) is 25.3 Å². The maximum atomic E-state index is 12.4. The lowest BCUT2D eigenvalue weighted by Crippen LogP contribution is -2.33. The molecular formula is C20H28N10O19P4. The summed E-state index contributed by atoms with van der Waals surface area (Å²) >= 11 is 0. The second-order valence-electron chi connectivity index (χ2n) is 11.0. The van der Waals surface area contributed by atoms with Gasteiger partial charge in [-0.1, -0.05) is 0 Å². The number of hydrogen-bond acceptors (Lipinski definition) is 23. The van der Waals surface area contributed by atoms with Crippen LogP contribution in [-0.4, -0.2) is 129 Å². The Balaban J connectivity index is 1.01. The molecule has 6 heterocycles. The van der Waals surface area contributed by atoms with Crippen LogP contribution in [0.2, 0.25) is 0 Å². The van der Waals surface area contributed by atoms with Crippen molar-refractivity contribution in [2.75, 3.05) is 24.7 Å². The molecule has 0 bridgehead atoms. The molecule has 4 aromatic heterocycles. The molecule has 0 saturated carbocycles. The fraction of sp³-hybridized carbons (Fsp3) is 0.500. The van der Waals surface area contributed by atoms with Gasteiger partial charge in [-0.05, 0) is 0 Å². The number of anilines is 2. The van der Waals surface area contributed by atoms with Crippen LogP contribution in [0, 0.1) is 0 Å². The van der Waals surface area contributed by atoms with Crippen molar-refractivity contribution in [3.05, 3.63) is 25.3 Å². The zero-order chi connectivity index (χ0) is 38.7. The van der Waals surface area contributed by atoms with Gasteiger partial charge in [0.15, 0.2) is 35.4 Å². The van der Waals surface area contributed by atoms with Gasteiger partial charge in [-0.15, -0.1) is 0 Å². The van der Waals surface area contributed by atoms with Gasteiger partial charge in [0.25, 0.3) is 0 Å². The molecule has 0 aliphatic carbocycles. The summed E-state index contributed by atoms with van der Waals surface area (Å²) in [6, 6.07) is 0. The molecule has 29 nitrogen and oxygen atoms in total. The third-order valence-electron chi connectivity index (χ3n) is 7.42. The number of ether oxygens (including phenoxy) is 2. The van der Waals surface area contributed by atoms with E-state index >= 15 is 0 Å². The normalized spacial score (nSPS) is 30.9. The molecule has 2 fully saturated rings. The van der Waals surface area contributed by atoms with Crippen molar-refractivity contribution in [3.8, 4) is 0 Å². The zero-order valence-electron chi connectivity index (χ0n) is 25.9. The van der Waals surface area contributed by atoms with E-state index in [0.717, 1.165) is 34.4 Å². The molecule has 12 N–H and O–H groups in total. The fourth-order valence-corrected chi connectivity index (χ4v) is 10.1. The molecule has 0 amide bonds. The minimum atomic E-state index is -6.19. The van der Waals surface area contributed by atoms with Crippen LogP contribution < -0.4 is 11.5 Å². The molecule has 12 atom stereocenters. The van der Waals surface area contributed by atoms with Crippen LogP contribution in [-0.2, 0) is 49.7 Å². The van der Waals surface area contributed by atoms with E-state index in [0.29, 0.717) is 0 Å². The molecule has 2 saturated heterocycles. The molecule has 6 rings (SSSR count). The van der Waals surface area contributed by atoms with Crippen LogP contribution >= 0.6 is 31.3 Å². The van der Waals surface area contributed by atoms with Gasteiger partial charge in [0.2, 0.25) is 0 Å². The Hall–Kier alpha value is -2.98. The van der Waals surface area contributed by atoms with Gasteiger partial charge in [0.05, 0.1) is 25.9 Å². The molecule has 2 aliphatic rings.